The molecular weight excluding hydrogens is 446 g/mol. The first-order chi connectivity index (χ1) is 16.4. The Labute approximate surface area is 194 Å². The van der Waals surface area contributed by atoms with Crippen LogP contribution in [0.5, 0.6) is 5.75 Å². The van der Waals surface area contributed by atoms with E-state index < -0.39 is 23.7 Å². The van der Waals surface area contributed by atoms with Crippen LogP contribution in [0.4, 0.5) is 14.5 Å². The largest absolute Gasteiger partial charge is 0.618 e. The Morgan fingerprint density at radius 3 is 2.71 bits per heavy atom. The molecule has 2 heterocycles. The molecule has 0 bridgehead atoms. The van der Waals surface area contributed by atoms with Crippen molar-refractivity contribution in [3.63, 3.8) is 0 Å². The number of alkyl halides is 2. The second-order valence-corrected chi connectivity index (χ2v) is 9.12. The van der Waals surface area contributed by atoms with Crippen molar-refractivity contribution in [2.24, 2.45) is 5.92 Å². The van der Waals surface area contributed by atoms with E-state index in [1.807, 2.05) is 10.9 Å². The zero-order valence-corrected chi connectivity index (χ0v) is 18.5. The van der Waals surface area contributed by atoms with Gasteiger partial charge in [-0.15, -0.1) is 0 Å². The number of amides is 1. The quantitative estimate of drug-likeness (QED) is 0.398. The van der Waals surface area contributed by atoms with E-state index in [1.165, 1.54) is 12.1 Å². The molecule has 2 saturated carbocycles. The van der Waals surface area contributed by atoms with Crippen LogP contribution in [0.1, 0.15) is 67.2 Å². The number of rotatable bonds is 7. The Balaban J connectivity index is 1.45. The molecule has 0 aliphatic heterocycles. The molecule has 8 nitrogen and oxygen atoms in total. The van der Waals surface area contributed by atoms with Crippen LogP contribution in [0.3, 0.4) is 0 Å². The van der Waals surface area contributed by atoms with Gasteiger partial charge in [0.25, 0.3) is 11.4 Å². The van der Waals surface area contributed by atoms with E-state index in [-0.39, 0.29) is 16.9 Å². The minimum atomic E-state index is -2.99. The summed E-state index contributed by atoms with van der Waals surface area (Å²) in [7, 11) is 0. The highest BCUT2D eigenvalue weighted by Gasteiger charge is 2.27. The molecule has 2 N–H and O–H groups in total. The molecule has 1 amide bonds. The zero-order valence-electron chi connectivity index (χ0n) is 18.5. The number of anilines is 1. The van der Waals surface area contributed by atoms with Crippen LogP contribution in [0, 0.1) is 11.1 Å². The third kappa shape index (κ3) is 4.68. The number of fused-ring (bicyclic) bond motifs is 1. The summed E-state index contributed by atoms with van der Waals surface area (Å²) in [4.78, 5) is 12.9. The van der Waals surface area contributed by atoms with Crippen LogP contribution >= 0.6 is 0 Å². The number of carbonyl (C=O) groups excluding carboxylic acids is 1. The molecule has 34 heavy (non-hydrogen) atoms. The maximum Gasteiger partial charge on any atom is 0.322 e. The van der Waals surface area contributed by atoms with Crippen molar-refractivity contribution in [3.8, 4) is 5.75 Å². The summed E-state index contributed by atoms with van der Waals surface area (Å²) >= 11 is 0. The molecular formula is C24H26F2N4O4. The van der Waals surface area contributed by atoms with Gasteiger partial charge in [0, 0.05) is 29.8 Å². The number of aromatic nitrogens is 3. The summed E-state index contributed by atoms with van der Waals surface area (Å²) in [6.45, 7) is 0.498. The van der Waals surface area contributed by atoms with Crippen LogP contribution < -0.4 is 14.8 Å². The van der Waals surface area contributed by atoms with Gasteiger partial charge in [0.05, 0.1) is 30.0 Å². The van der Waals surface area contributed by atoms with Gasteiger partial charge in [0.15, 0.2) is 0 Å². The number of pyridine rings is 1. The fraction of sp³-hybridized carbons (Fsp3) is 0.458. The Bertz CT molecular complexity index is 1200. The number of carbonyl (C=O) groups is 1. The molecule has 0 spiro atoms. The van der Waals surface area contributed by atoms with Gasteiger partial charge < -0.3 is 20.4 Å². The lowest BCUT2D eigenvalue weighted by molar-refractivity contribution is -0.621. The number of hydrogen-bond acceptors (Lipinski definition) is 5. The third-order valence-electron chi connectivity index (χ3n) is 6.51. The van der Waals surface area contributed by atoms with Crippen LogP contribution in [-0.2, 0) is 0 Å². The first-order valence-electron chi connectivity index (χ1n) is 11.5. The van der Waals surface area contributed by atoms with E-state index in [2.05, 4.69) is 5.32 Å². The van der Waals surface area contributed by atoms with Crippen molar-refractivity contribution >= 4 is 22.5 Å². The second kappa shape index (κ2) is 9.17. The van der Waals surface area contributed by atoms with Gasteiger partial charge in [-0.2, -0.15) is 18.6 Å². The Morgan fingerprint density at radius 2 is 2.00 bits per heavy atom. The standard InChI is InChI=1S/C24H26F2N4O4/c25-23(26)20-2-1-3-21(30(20)33)24(32)27-19-10-15-12-29(16-6-8-17(31)9-7-16)28-18(15)11-22(19)34-13-14-4-5-14/h1-3,10-12,14,16-17,23,31H,4-9,13H2,(H,27,32). The number of halogens is 2. The number of ether oxygens (including phenoxy) is 1. The lowest BCUT2D eigenvalue weighted by Gasteiger charge is -2.25. The highest BCUT2D eigenvalue weighted by Crippen LogP contribution is 2.36. The monoisotopic (exact) mass is 472 g/mol. The fourth-order valence-corrected chi connectivity index (χ4v) is 4.32. The smallest absolute Gasteiger partial charge is 0.322 e. The predicted octanol–water partition coefficient (Wildman–Crippen LogP) is 4.12. The van der Waals surface area contributed by atoms with Gasteiger partial charge in [-0.25, -0.2) is 0 Å². The predicted molar refractivity (Wildman–Crippen MR) is 120 cm³/mol. The number of aliphatic hydroxyl groups excluding tert-OH is 1. The molecule has 2 aliphatic carbocycles. The first-order valence-corrected chi connectivity index (χ1v) is 11.5. The van der Waals surface area contributed by atoms with Crippen LogP contribution in [0.2, 0.25) is 0 Å². The topological polar surface area (TPSA) is 103 Å². The molecule has 2 aromatic heterocycles. The lowest BCUT2D eigenvalue weighted by Crippen LogP contribution is -2.40. The van der Waals surface area contributed by atoms with Crippen molar-refractivity contribution in [3.05, 3.63) is 53.1 Å². The highest BCUT2D eigenvalue weighted by atomic mass is 19.3. The molecule has 0 unspecified atom stereocenters. The Kier molecular flexibility index (Phi) is 6.07. The Morgan fingerprint density at radius 1 is 1.24 bits per heavy atom. The molecule has 0 saturated heterocycles. The van der Waals surface area contributed by atoms with Crippen molar-refractivity contribution in [2.45, 2.75) is 57.1 Å². The summed E-state index contributed by atoms with van der Waals surface area (Å²) in [5.74, 6) is 0.0818. The van der Waals surface area contributed by atoms with Gasteiger partial charge >= 0.3 is 12.3 Å². The van der Waals surface area contributed by atoms with Crippen molar-refractivity contribution < 1.29 is 28.1 Å². The average molecular weight is 472 g/mol. The maximum absolute atomic E-state index is 13.1. The molecule has 5 rings (SSSR count). The molecule has 0 radical (unpaired) electrons. The lowest BCUT2D eigenvalue weighted by atomic mass is 9.93. The van der Waals surface area contributed by atoms with Crippen LogP contribution in [-0.4, -0.2) is 33.5 Å². The average Bonchev–Trinajstić information content (AvgIpc) is 3.55. The summed E-state index contributed by atoms with van der Waals surface area (Å²) < 4.78 is 34.0. The summed E-state index contributed by atoms with van der Waals surface area (Å²) in [6.07, 6.45) is 3.91. The van der Waals surface area contributed by atoms with Crippen molar-refractivity contribution in [1.29, 1.82) is 0 Å². The van der Waals surface area contributed by atoms with E-state index >= 15 is 0 Å². The SMILES string of the molecule is O=C(Nc1cc2cn(C3CCC(O)CC3)nc2cc1OCC1CC1)c1cccc(C(F)F)[n+]1[O-]. The fourth-order valence-electron chi connectivity index (χ4n) is 4.32. The molecule has 1 aromatic carbocycles. The number of nitrogens with zero attached hydrogens (tertiary/aromatic N) is 3. The van der Waals surface area contributed by atoms with Crippen molar-refractivity contribution in [1.82, 2.24) is 9.78 Å². The van der Waals surface area contributed by atoms with E-state index in [9.17, 15) is 23.9 Å². The van der Waals surface area contributed by atoms with Gasteiger partial charge in [-0.1, -0.05) is 0 Å². The number of nitrogens with one attached hydrogen (secondary N) is 1. The van der Waals surface area contributed by atoms with Crippen LogP contribution in [0.15, 0.2) is 36.5 Å². The van der Waals surface area contributed by atoms with Crippen LogP contribution in [0.25, 0.3) is 10.9 Å². The molecule has 2 fully saturated rings. The molecule has 10 heteroatoms. The summed E-state index contributed by atoms with van der Waals surface area (Å²) in [5, 5.41) is 30.2. The van der Waals surface area contributed by atoms with E-state index in [0.717, 1.165) is 50.0 Å². The number of hydrogen-bond donors (Lipinski definition) is 2. The molecule has 0 atom stereocenters. The number of aliphatic hydroxyl groups is 1. The number of benzene rings is 1. The molecule has 180 valence electrons. The van der Waals surface area contributed by atoms with Crippen molar-refractivity contribution in [2.75, 3.05) is 11.9 Å². The zero-order chi connectivity index (χ0) is 23.8. The van der Waals surface area contributed by atoms with E-state index in [1.54, 1.807) is 12.1 Å². The minimum absolute atomic E-state index is 0.0429. The normalized spacial score (nSPS) is 20.6. The van der Waals surface area contributed by atoms with Gasteiger partial charge in [-0.3, -0.25) is 9.48 Å². The third-order valence-corrected chi connectivity index (χ3v) is 6.51. The second-order valence-electron chi connectivity index (χ2n) is 9.12. The summed E-state index contributed by atoms with van der Waals surface area (Å²) in [5.41, 5.74) is -0.164. The van der Waals surface area contributed by atoms with E-state index in [4.69, 9.17) is 9.84 Å². The van der Waals surface area contributed by atoms with Gasteiger partial charge in [0.1, 0.15) is 5.75 Å². The van der Waals surface area contributed by atoms with E-state index in [0.29, 0.717) is 29.5 Å². The minimum Gasteiger partial charge on any atom is -0.618 e. The summed E-state index contributed by atoms with van der Waals surface area (Å²) in [6, 6.07) is 7.10. The molecule has 3 aromatic rings. The maximum atomic E-state index is 13.1. The first kappa shape index (κ1) is 22.5. The van der Waals surface area contributed by atoms with Gasteiger partial charge in [-0.05, 0) is 56.6 Å². The highest BCUT2D eigenvalue weighted by molar-refractivity contribution is 6.04. The van der Waals surface area contributed by atoms with Gasteiger partial charge in [0.2, 0.25) is 0 Å². The Hall–Kier alpha value is -3.27. The molecule has 2 aliphatic rings.